The van der Waals surface area contributed by atoms with Crippen LogP contribution < -0.4 is 5.32 Å². The van der Waals surface area contributed by atoms with Crippen molar-refractivity contribution in [1.82, 2.24) is 10.3 Å². The molecule has 2 heterocycles. The van der Waals surface area contributed by atoms with Crippen LogP contribution in [-0.4, -0.2) is 18.1 Å². The van der Waals surface area contributed by atoms with E-state index in [0.717, 1.165) is 40.7 Å². The van der Waals surface area contributed by atoms with Crippen molar-refractivity contribution in [3.63, 3.8) is 0 Å². The minimum Gasteiger partial charge on any atom is -0.316 e. The molecule has 0 radical (unpaired) electrons. The van der Waals surface area contributed by atoms with Crippen LogP contribution in [0.25, 0.3) is 10.2 Å². The first-order valence-corrected chi connectivity index (χ1v) is 7.38. The molecule has 4 heteroatoms. The van der Waals surface area contributed by atoms with Gasteiger partial charge in [-0.2, -0.15) is 0 Å². The topological polar surface area (TPSA) is 24.9 Å². The number of nitrogens with zero attached hydrogens (tertiary/aromatic N) is 1. The van der Waals surface area contributed by atoms with Gasteiger partial charge in [0.2, 0.25) is 0 Å². The fourth-order valence-electron chi connectivity index (χ4n) is 2.55. The van der Waals surface area contributed by atoms with Gasteiger partial charge in [0.05, 0.1) is 15.2 Å². The molecular formula is C14H17FN2S. The Bertz CT molecular complexity index is 532. The van der Waals surface area contributed by atoms with E-state index in [1.165, 1.54) is 31.4 Å². The Kier molecular flexibility index (Phi) is 3.57. The van der Waals surface area contributed by atoms with Gasteiger partial charge in [0, 0.05) is 6.07 Å². The van der Waals surface area contributed by atoms with Crippen molar-refractivity contribution < 1.29 is 4.39 Å². The van der Waals surface area contributed by atoms with Gasteiger partial charge in [0.1, 0.15) is 5.82 Å². The molecule has 1 saturated heterocycles. The molecular weight excluding hydrogens is 247 g/mol. The number of piperidine rings is 1. The summed E-state index contributed by atoms with van der Waals surface area (Å²) in [5.74, 6) is 0.582. The zero-order valence-corrected chi connectivity index (χ0v) is 11.1. The molecule has 0 bridgehead atoms. The smallest absolute Gasteiger partial charge is 0.125 e. The van der Waals surface area contributed by atoms with Crippen LogP contribution in [0.3, 0.4) is 0 Å². The highest BCUT2D eigenvalue weighted by atomic mass is 32.1. The van der Waals surface area contributed by atoms with Gasteiger partial charge in [-0.15, -0.1) is 11.3 Å². The average molecular weight is 264 g/mol. The molecule has 1 fully saturated rings. The van der Waals surface area contributed by atoms with Crippen LogP contribution in [0.15, 0.2) is 18.2 Å². The summed E-state index contributed by atoms with van der Waals surface area (Å²) in [6, 6.07) is 4.86. The Hall–Kier alpha value is -1.00. The molecule has 0 saturated carbocycles. The molecule has 1 N–H and O–H groups in total. The van der Waals surface area contributed by atoms with E-state index in [0.29, 0.717) is 0 Å². The number of rotatable bonds is 3. The summed E-state index contributed by atoms with van der Waals surface area (Å²) in [4.78, 5) is 4.52. The Morgan fingerprint density at radius 1 is 1.44 bits per heavy atom. The van der Waals surface area contributed by atoms with Gasteiger partial charge < -0.3 is 5.32 Å². The van der Waals surface area contributed by atoms with Crippen LogP contribution in [0.1, 0.15) is 24.3 Å². The predicted octanol–water partition coefficient (Wildman–Crippen LogP) is 3.37. The molecule has 2 nitrogen and oxygen atoms in total. The lowest BCUT2D eigenvalue weighted by Crippen LogP contribution is -2.29. The maximum atomic E-state index is 13.1. The third kappa shape index (κ3) is 2.70. The molecule has 0 spiro atoms. The SMILES string of the molecule is Fc1ccc2sc(CCC3CCCNC3)nc2c1. The van der Waals surface area contributed by atoms with E-state index in [1.54, 1.807) is 11.3 Å². The minimum atomic E-state index is -0.198. The first-order valence-electron chi connectivity index (χ1n) is 6.57. The number of nitrogens with one attached hydrogen (secondary N) is 1. The molecule has 1 aromatic heterocycles. The highest BCUT2D eigenvalue weighted by Crippen LogP contribution is 2.25. The summed E-state index contributed by atoms with van der Waals surface area (Å²) < 4.78 is 14.2. The van der Waals surface area contributed by atoms with E-state index >= 15 is 0 Å². The molecule has 96 valence electrons. The number of fused-ring (bicyclic) bond motifs is 1. The van der Waals surface area contributed by atoms with Crippen LogP contribution >= 0.6 is 11.3 Å². The Morgan fingerprint density at radius 3 is 3.22 bits per heavy atom. The van der Waals surface area contributed by atoms with Gasteiger partial charge in [-0.1, -0.05) is 0 Å². The van der Waals surface area contributed by atoms with Gasteiger partial charge >= 0.3 is 0 Å². The third-order valence-electron chi connectivity index (χ3n) is 3.56. The number of thiazole rings is 1. The van der Waals surface area contributed by atoms with Crippen molar-refractivity contribution in [2.24, 2.45) is 5.92 Å². The van der Waals surface area contributed by atoms with Crippen molar-refractivity contribution in [1.29, 1.82) is 0 Å². The van der Waals surface area contributed by atoms with Gasteiger partial charge in [-0.3, -0.25) is 0 Å². The van der Waals surface area contributed by atoms with Crippen LogP contribution in [-0.2, 0) is 6.42 Å². The molecule has 1 atom stereocenters. The second kappa shape index (κ2) is 5.33. The molecule has 1 aliphatic rings. The first kappa shape index (κ1) is 12.1. The van der Waals surface area contributed by atoms with Crippen molar-refractivity contribution in [2.45, 2.75) is 25.7 Å². The van der Waals surface area contributed by atoms with E-state index < -0.39 is 0 Å². The number of hydrogen-bond acceptors (Lipinski definition) is 3. The lowest BCUT2D eigenvalue weighted by molar-refractivity contribution is 0.358. The number of aryl methyl sites for hydroxylation is 1. The van der Waals surface area contributed by atoms with Crippen molar-refractivity contribution in [2.75, 3.05) is 13.1 Å². The molecule has 3 rings (SSSR count). The highest BCUT2D eigenvalue weighted by Gasteiger charge is 2.14. The number of aromatic nitrogens is 1. The Morgan fingerprint density at radius 2 is 2.39 bits per heavy atom. The van der Waals surface area contributed by atoms with Crippen LogP contribution in [0.5, 0.6) is 0 Å². The largest absolute Gasteiger partial charge is 0.316 e. The molecule has 0 aliphatic carbocycles. The predicted molar refractivity (Wildman–Crippen MR) is 73.5 cm³/mol. The summed E-state index contributed by atoms with van der Waals surface area (Å²) in [5, 5.41) is 4.58. The summed E-state index contributed by atoms with van der Waals surface area (Å²) in [7, 11) is 0. The molecule has 1 unspecified atom stereocenters. The van der Waals surface area contributed by atoms with Gasteiger partial charge in [-0.25, -0.2) is 9.37 Å². The van der Waals surface area contributed by atoms with Crippen molar-refractivity contribution >= 4 is 21.6 Å². The summed E-state index contributed by atoms with van der Waals surface area (Å²) in [6.07, 6.45) is 4.82. The van der Waals surface area contributed by atoms with Gasteiger partial charge in [0.25, 0.3) is 0 Å². The molecule has 18 heavy (non-hydrogen) atoms. The van der Waals surface area contributed by atoms with Crippen LogP contribution in [0, 0.1) is 11.7 Å². The summed E-state index contributed by atoms with van der Waals surface area (Å²) in [6.45, 7) is 2.30. The molecule has 2 aromatic rings. The number of halogens is 1. The second-order valence-electron chi connectivity index (χ2n) is 4.97. The molecule has 1 aromatic carbocycles. The monoisotopic (exact) mass is 264 g/mol. The van der Waals surface area contributed by atoms with Gasteiger partial charge in [-0.05, 0) is 56.8 Å². The average Bonchev–Trinajstić information content (AvgIpc) is 2.79. The highest BCUT2D eigenvalue weighted by molar-refractivity contribution is 7.18. The maximum Gasteiger partial charge on any atom is 0.125 e. The van der Waals surface area contributed by atoms with Crippen LogP contribution in [0.2, 0.25) is 0 Å². The van der Waals surface area contributed by atoms with Gasteiger partial charge in [0.15, 0.2) is 0 Å². The lowest BCUT2D eigenvalue weighted by Gasteiger charge is -2.21. The Balaban J connectivity index is 1.67. The second-order valence-corrected chi connectivity index (χ2v) is 6.09. The number of hydrogen-bond donors (Lipinski definition) is 1. The fourth-order valence-corrected chi connectivity index (χ4v) is 3.52. The third-order valence-corrected chi connectivity index (χ3v) is 4.66. The minimum absolute atomic E-state index is 0.198. The van der Waals surface area contributed by atoms with Crippen LogP contribution in [0.4, 0.5) is 4.39 Å². The zero-order valence-electron chi connectivity index (χ0n) is 10.3. The van der Waals surface area contributed by atoms with E-state index in [1.807, 2.05) is 6.07 Å². The van der Waals surface area contributed by atoms with Crippen molar-refractivity contribution in [3.05, 3.63) is 29.0 Å². The fraction of sp³-hybridized carbons (Fsp3) is 0.500. The normalized spacial score (nSPS) is 20.4. The zero-order chi connectivity index (χ0) is 12.4. The van der Waals surface area contributed by atoms with E-state index in [2.05, 4.69) is 10.3 Å². The van der Waals surface area contributed by atoms with E-state index in [-0.39, 0.29) is 5.82 Å². The quantitative estimate of drug-likeness (QED) is 0.919. The number of benzene rings is 1. The summed E-state index contributed by atoms with van der Waals surface area (Å²) >= 11 is 1.70. The molecule has 0 amide bonds. The Labute approximate surface area is 110 Å². The van der Waals surface area contributed by atoms with Crippen molar-refractivity contribution in [3.8, 4) is 0 Å². The summed E-state index contributed by atoms with van der Waals surface area (Å²) in [5.41, 5.74) is 0.803. The lowest BCUT2D eigenvalue weighted by atomic mass is 9.95. The maximum absolute atomic E-state index is 13.1. The van der Waals surface area contributed by atoms with E-state index in [9.17, 15) is 4.39 Å². The molecule has 1 aliphatic heterocycles. The standard InChI is InChI=1S/C14H17FN2S/c15-11-4-5-13-12(8-11)17-14(18-13)6-3-10-2-1-7-16-9-10/h4-5,8,10,16H,1-3,6-7,9H2. The first-order chi connectivity index (χ1) is 8.81. The van der Waals surface area contributed by atoms with E-state index in [4.69, 9.17) is 0 Å².